The van der Waals surface area contributed by atoms with Gasteiger partial charge in [0.05, 0.1) is 0 Å². The van der Waals surface area contributed by atoms with Crippen molar-refractivity contribution < 1.29 is 48.0 Å². The Labute approximate surface area is 150 Å². The minimum atomic E-state index is -0.570. The summed E-state index contributed by atoms with van der Waals surface area (Å²) in [5.74, 6) is 6.63. The van der Waals surface area contributed by atoms with Gasteiger partial charge in [0.2, 0.25) is 0 Å². The smallest absolute Gasteiger partial charge is 1.00 e. The summed E-state index contributed by atoms with van der Waals surface area (Å²) in [6, 6.07) is 10.2. The third kappa shape index (κ3) is 5.15. The van der Waals surface area contributed by atoms with Gasteiger partial charge in [0, 0.05) is 0 Å². The summed E-state index contributed by atoms with van der Waals surface area (Å²) in [5, 5.41) is 0. The predicted octanol–water partition coefficient (Wildman–Crippen LogP) is -1.81. The molecule has 21 heavy (non-hydrogen) atoms. The first-order chi connectivity index (χ1) is 9.42. The molecule has 1 aromatic rings. The molecule has 0 unspecified atom stereocenters. The van der Waals surface area contributed by atoms with Crippen molar-refractivity contribution in [2.45, 2.75) is 12.8 Å². The first-order valence-corrected chi connectivity index (χ1v) is 8.97. The second-order valence-electron chi connectivity index (χ2n) is 4.56. The van der Waals surface area contributed by atoms with Crippen LogP contribution in [-0.4, -0.2) is 0 Å². The molecule has 0 fully saturated rings. The normalized spacial score (nSPS) is 14.6. The van der Waals surface area contributed by atoms with Gasteiger partial charge in [-0.15, -0.1) is 0 Å². The number of allylic oxidation sites excluding steroid dienone is 8. The second-order valence-corrected chi connectivity index (χ2v) is 8.24. The molecular weight excluding hydrogens is 378 g/mol. The van der Waals surface area contributed by atoms with Crippen molar-refractivity contribution in [1.29, 1.82) is 0 Å². The zero-order chi connectivity index (χ0) is 12.9. The maximum absolute atomic E-state index is 3.36. The van der Waals surface area contributed by atoms with E-state index in [2.05, 4.69) is 54.4 Å². The number of hydrogen-bond donors (Lipinski definition) is 0. The first-order valence-electron chi connectivity index (χ1n) is 6.51. The summed E-state index contributed by atoms with van der Waals surface area (Å²) in [6.07, 6.45) is 13.5. The number of hydrogen-bond acceptors (Lipinski definition) is 0. The summed E-state index contributed by atoms with van der Waals surface area (Å²) in [6.45, 7) is 0. The zero-order valence-electron chi connectivity index (χ0n) is 11.4. The number of benzene rings is 1. The van der Waals surface area contributed by atoms with Crippen LogP contribution in [0.3, 0.4) is 0 Å². The summed E-state index contributed by atoms with van der Waals surface area (Å²) in [7, 11) is 0. The van der Waals surface area contributed by atoms with Crippen LogP contribution in [0.25, 0.3) is 0 Å². The fourth-order valence-electron chi connectivity index (χ4n) is 2.14. The van der Waals surface area contributed by atoms with Crippen LogP contribution >= 0.6 is 0 Å². The molecule has 0 bridgehead atoms. The van der Waals surface area contributed by atoms with E-state index in [9.17, 15) is 0 Å². The zero-order valence-corrected chi connectivity index (χ0v) is 15.4. The molecule has 0 amide bonds. The molecule has 0 aromatic heterocycles. The monoisotopic (exact) mass is 390 g/mol. The van der Waals surface area contributed by atoms with Gasteiger partial charge in [0.15, 0.2) is 0 Å². The van der Waals surface area contributed by atoms with E-state index in [0.29, 0.717) is 0 Å². The van der Waals surface area contributed by atoms with Crippen molar-refractivity contribution in [3.63, 3.8) is 0 Å². The Morgan fingerprint density at radius 1 is 0.905 bits per heavy atom. The van der Waals surface area contributed by atoms with Crippen LogP contribution in [0.1, 0.15) is 18.4 Å². The molecule has 3 rings (SSSR count). The molecule has 0 nitrogen and oxygen atoms in total. The molecule has 1 aromatic carbocycles. The van der Waals surface area contributed by atoms with E-state index in [1.54, 1.807) is 6.56 Å². The molecule has 2 aliphatic rings. The van der Waals surface area contributed by atoms with Crippen LogP contribution in [0.5, 0.6) is 0 Å². The van der Waals surface area contributed by atoms with Crippen LogP contribution in [0.4, 0.5) is 0 Å². The van der Waals surface area contributed by atoms with Crippen molar-refractivity contribution in [2.24, 2.45) is 0 Å². The van der Waals surface area contributed by atoms with Crippen molar-refractivity contribution in [2.75, 3.05) is 0 Å². The van der Waals surface area contributed by atoms with E-state index < -0.39 is 23.2 Å². The van der Waals surface area contributed by atoms with Crippen molar-refractivity contribution in [3.8, 4) is 11.8 Å². The van der Waals surface area contributed by atoms with Crippen molar-refractivity contribution in [1.82, 2.24) is 0 Å². The van der Waals surface area contributed by atoms with Crippen molar-refractivity contribution >= 4 is 0 Å². The molecule has 0 N–H and O–H groups in total. The molecule has 0 atom stereocenters. The Morgan fingerprint density at radius 3 is 2.43 bits per heavy atom. The van der Waals surface area contributed by atoms with E-state index in [-0.39, 0.29) is 24.8 Å². The fourth-order valence-corrected chi connectivity index (χ4v) is 5.30. The van der Waals surface area contributed by atoms with E-state index in [0.717, 1.165) is 12.0 Å². The third-order valence-electron chi connectivity index (χ3n) is 3.13. The molecular formula is C18H14Cl2Zr. The van der Waals surface area contributed by atoms with Crippen LogP contribution in [-0.2, 0) is 23.2 Å². The first kappa shape index (κ1) is 18.3. The summed E-state index contributed by atoms with van der Waals surface area (Å²) >= 11 is -0.570. The Bertz CT molecular complexity index is 655. The van der Waals surface area contributed by atoms with E-state index in [1.807, 2.05) is 18.2 Å². The van der Waals surface area contributed by atoms with Gasteiger partial charge in [-0.2, -0.15) is 0 Å². The fraction of sp³-hybridized carbons (Fsp3) is 0.111. The predicted molar refractivity (Wildman–Crippen MR) is 75.9 cm³/mol. The number of halogens is 2. The third-order valence-corrected chi connectivity index (χ3v) is 6.74. The molecule has 0 radical (unpaired) electrons. The number of rotatable bonds is 2. The Kier molecular flexibility index (Phi) is 8.05. The molecule has 2 aliphatic carbocycles. The molecule has 0 spiro atoms. The molecule has 0 saturated heterocycles. The summed E-state index contributed by atoms with van der Waals surface area (Å²) < 4.78 is 3.29. The van der Waals surface area contributed by atoms with Gasteiger partial charge in [-0.25, -0.2) is 0 Å². The Morgan fingerprint density at radius 2 is 1.71 bits per heavy atom. The van der Waals surface area contributed by atoms with Gasteiger partial charge in [-0.3, -0.25) is 0 Å². The minimum Gasteiger partial charge on any atom is -1.00 e. The second kappa shape index (κ2) is 9.27. The van der Waals surface area contributed by atoms with Crippen LogP contribution in [0.15, 0.2) is 72.8 Å². The summed E-state index contributed by atoms with van der Waals surface area (Å²) in [5.41, 5.74) is 2.38. The van der Waals surface area contributed by atoms with Crippen LogP contribution in [0, 0.1) is 11.8 Å². The molecule has 3 heteroatoms. The largest absolute Gasteiger partial charge is 1.00 e. The van der Waals surface area contributed by atoms with Gasteiger partial charge < -0.3 is 24.8 Å². The average molecular weight is 392 g/mol. The van der Waals surface area contributed by atoms with Crippen LogP contribution < -0.4 is 24.8 Å². The van der Waals surface area contributed by atoms with Gasteiger partial charge in [0.1, 0.15) is 0 Å². The van der Waals surface area contributed by atoms with Crippen molar-refractivity contribution in [3.05, 3.63) is 78.4 Å². The van der Waals surface area contributed by atoms with Gasteiger partial charge in [-0.1, -0.05) is 0 Å². The van der Waals surface area contributed by atoms with Gasteiger partial charge >= 0.3 is 126 Å². The minimum absolute atomic E-state index is 0. The Balaban J connectivity index is 0.00000110. The standard InChI is InChI=1S/C13H9.C5H5.2ClH.Zr/c1-2-6-12(7-3-1)10-11-13-8-4-5-9-13;1-2-4-5-3-1;;;/h1-4,6-8H,5H2;1-3H,4H2;2*1H;/q;;;;+2/p-2. The SMILES string of the molecule is C(#Cc1ccccc1)C1=[C]([Zr+2][C]2=CC=CC2)CC=C1.[Cl-].[Cl-]. The van der Waals surface area contributed by atoms with E-state index in [4.69, 9.17) is 0 Å². The molecule has 104 valence electrons. The van der Waals surface area contributed by atoms with Gasteiger partial charge in [-0.05, 0) is 0 Å². The molecule has 0 aliphatic heterocycles. The quantitative estimate of drug-likeness (QED) is 0.521. The molecule has 0 heterocycles. The topological polar surface area (TPSA) is 0 Å². The Hall–Kier alpha value is -0.797. The van der Waals surface area contributed by atoms with Gasteiger partial charge in [0.25, 0.3) is 0 Å². The van der Waals surface area contributed by atoms with E-state index >= 15 is 0 Å². The molecule has 0 saturated carbocycles. The maximum Gasteiger partial charge on any atom is -1.00 e. The van der Waals surface area contributed by atoms with Crippen LogP contribution in [0.2, 0.25) is 0 Å². The van der Waals surface area contributed by atoms with E-state index in [1.165, 1.54) is 12.0 Å². The summed E-state index contributed by atoms with van der Waals surface area (Å²) in [4.78, 5) is 0. The average Bonchev–Trinajstić information content (AvgIpc) is 3.10. The maximum atomic E-state index is 3.36.